The van der Waals surface area contributed by atoms with Gasteiger partial charge >= 0.3 is 0 Å². The average Bonchev–Trinajstić information content (AvgIpc) is 2.80. The van der Waals surface area contributed by atoms with Gasteiger partial charge in [0, 0.05) is 33.1 Å². The molecule has 0 radical (unpaired) electrons. The van der Waals surface area contributed by atoms with Crippen LogP contribution in [0.1, 0.15) is 18.9 Å². The van der Waals surface area contributed by atoms with Crippen LogP contribution in [0.25, 0.3) is 0 Å². The molecule has 4 nitrogen and oxygen atoms in total. The minimum Gasteiger partial charge on any atom is -0.342 e. The van der Waals surface area contributed by atoms with Crippen molar-refractivity contribution in [3.63, 3.8) is 0 Å². The lowest BCUT2D eigenvalue weighted by molar-refractivity contribution is -0.135. The maximum Gasteiger partial charge on any atom is 0.228 e. The molecule has 1 heterocycles. The summed E-state index contributed by atoms with van der Waals surface area (Å²) in [5.41, 5.74) is 1.11. The van der Waals surface area contributed by atoms with Gasteiger partial charge in [0.05, 0.1) is 5.92 Å². The molecule has 0 N–H and O–H groups in total. The number of carbonyl (C=O) groups is 2. The highest BCUT2D eigenvalue weighted by atomic mass is 16.2. The van der Waals surface area contributed by atoms with Gasteiger partial charge in [-0.25, -0.2) is 0 Å². The van der Waals surface area contributed by atoms with Crippen LogP contribution in [0.5, 0.6) is 0 Å². The van der Waals surface area contributed by atoms with Crippen LogP contribution in [-0.2, 0) is 16.1 Å². The van der Waals surface area contributed by atoms with E-state index in [4.69, 9.17) is 0 Å². The smallest absolute Gasteiger partial charge is 0.228 e. The molecule has 1 aromatic carbocycles. The molecule has 1 aliphatic heterocycles. The second kappa shape index (κ2) is 5.87. The van der Waals surface area contributed by atoms with E-state index in [9.17, 15) is 9.59 Å². The van der Waals surface area contributed by atoms with Crippen molar-refractivity contribution in [3.05, 3.63) is 35.9 Å². The molecule has 1 aromatic rings. The van der Waals surface area contributed by atoms with Crippen LogP contribution in [0.4, 0.5) is 0 Å². The Morgan fingerprint density at radius 3 is 2.63 bits per heavy atom. The van der Waals surface area contributed by atoms with Gasteiger partial charge in [-0.3, -0.25) is 9.59 Å². The number of hydrogen-bond acceptors (Lipinski definition) is 2. The van der Waals surface area contributed by atoms with Crippen molar-refractivity contribution in [2.45, 2.75) is 19.9 Å². The molecule has 1 aliphatic rings. The lowest BCUT2D eigenvalue weighted by Gasteiger charge is -2.21. The highest BCUT2D eigenvalue weighted by molar-refractivity contribution is 5.89. The zero-order valence-corrected chi connectivity index (χ0v) is 11.5. The fourth-order valence-corrected chi connectivity index (χ4v) is 2.49. The van der Waals surface area contributed by atoms with E-state index in [1.165, 1.54) is 0 Å². The van der Waals surface area contributed by atoms with Gasteiger partial charge in [0.15, 0.2) is 0 Å². The first-order chi connectivity index (χ1) is 9.11. The van der Waals surface area contributed by atoms with Gasteiger partial charge in [-0.2, -0.15) is 0 Å². The summed E-state index contributed by atoms with van der Waals surface area (Å²) in [4.78, 5) is 27.4. The van der Waals surface area contributed by atoms with Crippen molar-refractivity contribution < 1.29 is 9.59 Å². The minimum atomic E-state index is -0.179. The number of hydrogen-bond donors (Lipinski definition) is 0. The number of rotatable bonds is 4. The van der Waals surface area contributed by atoms with Crippen LogP contribution in [0.3, 0.4) is 0 Å². The number of nitrogens with zero attached hydrogens (tertiary/aromatic N) is 2. The molecular formula is C15H20N2O2. The van der Waals surface area contributed by atoms with Gasteiger partial charge in [0.1, 0.15) is 0 Å². The molecule has 0 bridgehead atoms. The number of amides is 2. The molecule has 1 unspecified atom stereocenters. The first kappa shape index (κ1) is 13.6. The van der Waals surface area contributed by atoms with Gasteiger partial charge in [-0.1, -0.05) is 30.3 Å². The molecule has 2 amide bonds. The molecule has 2 rings (SSSR count). The zero-order chi connectivity index (χ0) is 13.8. The molecule has 102 valence electrons. The van der Waals surface area contributed by atoms with E-state index in [0.29, 0.717) is 26.1 Å². The Morgan fingerprint density at radius 1 is 1.37 bits per heavy atom. The first-order valence-corrected chi connectivity index (χ1v) is 6.68. The molecule has 0 aliphatic carbocycles. The molecule has 1 saturated heterocycles. The van der Waals surface area contributed by atoms with E-state index in [-0.39, 0.29) is 17.7 Å². The summed E-state index contributed by atoms with van der Waals surface area (Å²) in [5, 5.41) is 0. The quantitative estimate of drug-likeness (QED) is 0.823. The summed E-state index contributed by atoms with van der Waals surface area (Å²) >= 11 is 0. The predicted octanol–water partition coefficient (Wildman–Crippen LogP) is 1.51. The van der Waals surface area contributed by atoms with Crippen LogP contribution in [0.15, 0.2) is 30.3 Å². The Kier molecular flexibility index (Phi) is 4.20. The molecular weight excluding hydrogens is 240 g/mol. The Labute approximate surface area is 114 Å². The monoisotopic (exact) mass is 260 g/mol. The predicted molar refractivity (Wildman–Crippen MR) is 73.3 cm³/mol. The fourth-order valence-electron chi connectivity index (χ4n) is 2.49. The van der Waals surface area contributed by atoms with Crippen LogP contribution in [-0.4, -0.2) is 41.8 Å². The number of carbonyl (C=O) groups excluding carboxylic acids is 2. The standard InChI is InChI=1S/C15H20N2O2/c1-3-17-11-13(9-14(17)18)15(19)16(2)10-12-7-5-4-6-8-12/h4-8,13H,3,9-11H2,1-2H3. The average molecular weight is 260 g/mol. The van der Waals surface area contributed by atoms with E-state index in [1.54, 1.807) is 16.8 Å². The maximum absolute atomic E-state index is 12.3. The SMILES string of the molecule is CCN1CC(C(=O)N(C)Cc2ccccc2)CC1=O. The molecule has 19 heavy (non-hydrogen) atoms. The van der Waals surface area contributed by atoms with Gasteiger partial charge in [0.2, 0.25) is 11.8 Å². The Bertz CT molecular complexity index is 458. The van der Waals surface area contributed by atoms with E-state index < -0.39 is 0 Å². The fraction of sp³-hybridized carbons (Fsp3) is 0.467. The van der Waals surface area contributed by atoms with Crippen molar-refractivity contribution in [1.29, 1.82) is 0 Å². The second-order valence-electron chi connectivity index (χ2n) is 5.01. The maximum atomic E-state index is 12.3. The molecule has 0 spiro atoms. The van der Waals surface area contributed by atoms with Crippen molar-refractivity contribution in [2.75, 3.05) is 20.1 Å². The Morgan fingerprint density at radius 2 is 2.05 bits per heavy atom. The lowest BCUT2D eigenvalue weighted by atomic mass is 10.1. The highest BCUT2D eigenvalue weighted by Gasteiger charge is 2.34. The van der Waals surface area contributed by atoms with Crippen LogP contribution in [0, 0.1) is 5.92 Å². The van der Waals surface area contributed by atoms with Crippen LogP contribution in [0.2, 0.25) is 0 Å². The number of benzene rings is 1. The zero-order valence-electron chi connectivity index (χ0n) is 11.5. The van der Waals surface area contributed by atoms with Crippen LogP contribution < -0.4 is 0 Å². The van der Waals surface area contributed by atoms with Crippen LogP contribution >= 0.6 is 0 Å². The summed E-state index contributed by atoms with van der Waals surface area (Å²) < 4.78 is 0. The molecule has 0 saturated carbocycles. The van der Waals surface area contributed by atoms with Crippen molar-refractivity contribution in [1.82, 2.24) is 9.80 Å². The third-order valence-electron chi connectivity index (χ3n) is 3.58. The summed E-state index contributed by atoms with van der Waals surface area (Å²) in [5.74, 6) is -0.0247. The third-order valence-corrected chi connectivity index (χ3v) is 3.58. The molecule has 4 heteroatoms. The third kappa shape index (κ3) is 3.13. The number of likely N-dealkylation sites (tertiary alicyclic amines) is 1. The van der Waals surface area contributed by atoms with Gasteiger partial charge in [-0.05, 0) is 12.5 Å². The lowest BCUT2D eigenvalue weighted by Crippen LogP contribution is -2.34. The summed E-state index contributed by atoms with van der Waals surface area (Å²) in [7, 11) is 1.80. The molecule has 1 fully saturated rings. The Balaban J connectivity index is 1.95. The van der Waals surface area contributed by atoms with E-state index in [0.717, 1.165) is 5.56 Å². The molecule has 1 atom stereocenters. The van der Waals surface area contributed by atoms with Gasteiger partial charge in [-0.15, -0.1) is 0 Å². The summed E-state index contributed by atoms with van der Waals surface area (Å²) in [6.07, 6.45) is 0.353. The topological polar surface area (TPSA) is 40.6 Å². The summed E-state index contributed by atoms with van der Waals surface area (Å²) in [6.45, 7) is 3.78. The van der Waals surface area contributed by atoms with E-state index >= 15 is 0 Å². The second-order valence-corrected chi connectivity index (χ2v) is 5.01. The largest absolute Gasteiger partial charge is 0.342 e. The van der Waals surface area contributed by atoms with E-state index in [2.05, 4.69) is 0 Å². The Hall–Kier alpha value is -1.84. The van der Waals surface area contributed by atoms with E-state index in [1.807, 2.05) is 37.3 Å². The van der Waals surface area contributed by atoms with Gasteiger partial charge in [0.25, 0.3) is 0 Å². The van der Waals surface area contributed by atoms with Crippen molar-refractivity contribution >= 4 is 11.8 Å². The molecule has 0 aromatic heterocycles. The first-order valence-electron chi connectivity index (χ1n) is 6.68. The van der Waals surface area contributed by atoms with Crippen molar-refractivity contribution in [2.24, 2.45) is 5.92 Å². The van der Waals surface area contributed by atoms with Crippen molar-refractivity contribution in [3.8, 4) is 0 Å². The highest BCUT2D eigenvalue weighted by Crippen LogP contribution is 2.20. The normalized spacial score (nSPS) is 18.7. The summed E-state index contributed by atoms with van der Waals surface area (Å²) in [6, 6.07) is 9.89. The minimum absolute atomic E-state index is 0.0631. The van der Waals surface area contributed by atoms with Gasteiger partial charge < -0.3 is 9.80 Å².